The fraction of sp³-hybridized carbons (Fsp3) is 0.625. The van der Waals surface area contributed by atoms with Crippen LogP contribution in [0.25, 0.3) is 0 Å². The van der Waals surface area contributed by atoms with E-state index in [4.69, 9.17) is 0 Å². The van der Waals surface area contributed by atoms with Crippen molar-refractivity contribution in [2.75, 3.05) is 6.54 Å². The third-order valence-corrected chi connectivity index (χ3v) is 4.29. The minimum absolute atomic E-state index is 0.635. The van der Waals surface area contributed by atoms with Crippen molar-refractivity contribution in [1.82, 2.24) is 5.32 Å². The van der Waals surface area contributed by atoms with Crippen LogP contribution >= 0.6 is 0 Å². The summed E-state index contributed by atoms with van der Waals surface area (Å²) in [5.41, 5.74) is 1.46. The molecule has 1 N–H and O–H groups in total. The third kappa shape index (κ3) is 2.90. The second-order valence-corrected chi connectivity index (χ2v) is 5.92. The molecule has 2 aliphatic carbocycles. The van der Waals surface area contributed by atoms with Gasteiger partial charge >= 0.3 is 0 Å². The van der Waals surface area contributed by atoms with E-state index in [0.717, 1.165) is 24.4 Å². The fourth-order valence-electron chi connectivity index (χ4n) is 2.84. The molecule has 2 aliphatic rings. The van der Waals surface area contributed by atoms with Crippen LogP contribution in [0.4, 0.5) is 0 Å². The first kappa shape index (κ1) is 11.3. The number of benzene rings is 1. The zero-order valence-electron chi connectivity index (χ0n) is 10.7. The summed E-state index contributed by atoms with van der Waals surface area (Å²) in [5, 5.41) is 3.84. The quantitative estimate of drug-likeness (QED) is 0.786. The van der Waals surface area contributed by atoms with Gasteiger partial charge in [0.05, 0.1) is 0 Å². The van der Waals surface area contributed by atoms with Gasteiger partial charge in [0, 0.05) is 12.6 Å². The lowest BCUT2D eigenvalue weighted by Gasteiger charge is -2.21. The van der Waals surface area contributed by atoms with Crippen molar-refractivity contribution in [3.05, 3.63) is 35.9 Å². The number of hydrogen-bond acceptors (Lipinski definition) is 1. The second kappa shape index (κ2) is 4.81. The highest BCUT2D eigenvalue weighted by atomic mass is 14.9. The van der Waals surface area contributed by atoms with Gasteiger partial charge in [0.1, 0.15) is 0 Å². The van der Waals surface area contributed by atoms with Crippen LogP contribution in [0.5, 0.6) is 0 Å². The van der Waals surface area contributed by atoms with Gasteiger partial charge in [0.2, 0.25) is 0 Å². The van der Waals surface area contributed by atoms with Gasteiger partial charge in [-0.15, -0.1) is 0 Å². The lowest BCUT2D eigenvalue weighted by Crippen LogP contribution is -2.35. The number of hydrogen-bond donors (Lipinski definition) is 1. The number of nitrogens with one attached hydrogen (secondary N) is 1. The van der Waals surface area contributed by atoms with Crippen molar-refractivity contribution in [1.29, 1.82) is 0 Å². The minimum Gasteiger partial charge on any atom is -0.313 e. The fourth-order valence-corrected chi connectivity index (χ4v) is 2.84. The Hall–Kier alpha value is -0.820. The van der Waals surface area contributed by atoms with Gasteiger partial charge in [-0.3, -0.25) is 0 Å². The van der Waals surface area contributed by atoms with Gasteiger partial charge in [-0.05, 0) is 49.0 Å². The maximum absolute atomic E-state index is 3.84. The van der Waals surface area contributed by atoms with Crippen LogP contribution in [0.1, 0.15) is 44.1 Å². The molecule has 1 nitrogen and oxygen atoms in total. The second-order valence-electron chi connectivity index (χ2n) is 5.92. The molecule has 1 unspecified atom stereocenters. The summed E-state index contributed by atoms with van der Waals surface area (Å²) in [6.45, 7) is 3.47. The van der Waals surface area contributed by atoms with Crippen LogP contribution in [-0.4, -0.2) is 12.6 Å². The minimum atomic E-state index is 0.635. The highest BCUT2D eigenvalue weighted by Gasteiger charge is 2.41. The van der Waals surface area contributed by atoms with Crippen LogP contribution < -0.4 is 5.32 Å². The Morgan fingerprint density at radius 1 is 1.06 bits per heavy atom. The topological polar surface area (TPSA) is 12.0 Å². The largest absolute Gasteiger partial charge is 0.313 e. The van der Waals surface area contributed by atoms with Crippen molar-refractivity contribution >= 4 is 0 Å². The summed E-state index contributed by atoms with van der Waals surface area (Å²) in [6, 6.07) is 11.7. The molecule has 0 aliphatic heterocycles. The monoisotopic (exact) mass is 229 g/mol. The van der Waals surface area contributed by atoms with Gasteiger partial charge in [-0.2, -0.15) is 0 Å². The Bertz CT molecular complexity index is 339. The first-order valence-electron chi connectivity index (χ1n) is 7.13. The Morgan fingerprint density at radius 3 is 2.18 bits per heavy atom. The van der Waals surface area contributed by atoms with E-state index < -0.39 is 0 Å². The summed E-state index contributed by atoms with van der Waals surface area (Å²) in [7, 11) is 0. The van der Waals surface area contributed by atoms with Gasteiger partial charge in [0.25, 0.3) is 0 Å². The van der Waals surface area contributed by atoms with Gasteiger partial charge in [-0.1, -0.05) is 37.3 Å². The van der Waals surface area contributed by atoms with E-state index in [1.165, 1.54) is 31.2 Å². The summed E-state index contributed by atoms with van der Waals surface area (Å²) in [4.78, 5) is 0. The van der Waals surface area contributed by atoms with Crippen LogP contribution in [0, 0.1) is 11.8 Å². The van der Waals surface area contributed by atoms with Crippen molar-refractivity contribution in [3.63, 3.8) is 0 Å². The Balaban J connectivity index is 1.52. The summed E-state index contributed by atoms with van der Waals surface area (Å²) in [6.07, 6.45) is 5.86. The maximum atomic E-state index is 3.84. The molecule has 0 bridgehead atoms. The van der Waals surface area contributed by atoms with Crippen molar-refractivity contribution in [2.45, 2.75) is 44.6 Å². The molecule has 92 valence electrons. The van der Waals surface area contributed by atoms with E-state index in [1.54, 1.807) is 0 Å². The number of rotatable bonds is 6. The van der Waals surface area contributed by atoms with E-state index in [2.05, 4.69) is 42.6 Å². The maximum Gasteiger partial charge on any atom is 0.0124 e. The summed E-state index contributed by atoms with van der Waals surface area (Å²) in [5.74, 6) is 2.65. The lowest BCUT2D eigenvalue weighted by atomic mass is 10.00. The first-order chi connectivity index (χ1) is 8.34. The van der Waals surface area contributed by atoms with E-state index in [0.29, 0.717) is 5.92 Å². The van der Waals surface area contributed by atoms with Crippen molar-refractivity contribution < 1.29 is 0 Å². The van der Waals surface area contributed by atoms with Gasteiger partial charge in [0.15, 0.2) is 0 Å². The Morgan fingerprint density at radius 2 is 1.65 bits per heavy atom. The van der Waals surface area contributed by atoms with Crippen molar-refractivity contribution in [3.8, 4) is 0 Å². The molecule has 2 saturated carbocycles. The molecule has 1 atom stereocenters. The zero-order chi connectivity index (χ0) is 11.7. The standard InChI is InChI=1S/C16H23N/c1-12(13-5-3-2-4-6-13)11-17-16(14-7-8-14)15-9-10-15/h2-6,12,14-17H,7-11H2,1H3. The van der Waals surface area contributed by atoms with Gasteiger partial charge in [-0.25, -0.2) is 0 Å². The smallest absolute Gasteiger partial charge is 0.0124 e. The third-order valence-electron chi connectivity index (χ3n) is 4.29. The zero-order valence-corrected chi connectivity index (χ0v) is 10.7. The predicted octanol–water partition coefficient (Wildman–Crippen LogP) is 3.57. The van der Waals surface area contributed by atoms with Crippen LogP contribution in [0.2, 0.25) is 0 Å². The summed E-state index contributed by atoms with van der Waals surface area (Å²) >= 11 is 0. The van der Waals surface area contributed by atoms with Crippen LogP contribution in [0.15, 0.2) is 30.3 Å². The average molecular weight is 229 g/mol. The Kier molecular flexibility index (Phi) is 3.19. The van der Waals surface area contributed by atoms with E-state index in [-0.39, 0.29) is 0 Å². The molecule has 0 aromatic heterocycles. The van der Waals surface area contributed by atoms with Crippen LogP contribution in [-0.2, 0) is 0 Å². The Labute approximate surface area is 105 Å². The first-order valence-corrected chi connectivity index (χ1v) is 7.13. The van der Waals surface area contributed by atoms with Crippen LogP contribution in [0.3, 0.4) is 0 Å². The lowest BCUT2D eigenvalue weighted by molar-refractivity contribution is 0.406. The molecular formula is C16H23N. The molecule has 1 aromatic carbocycles. The average Bonchev–Trinajstić information content (AvgIpc) is 3.24. The highest BCUT2D eigenvalue weighted by Crippen LogP contribution is 2.44. The molecule has 0 saturated heterocycles. The predicted molar refractivity (Wildman–Crippen MR) is 72.1 cm³/mol. The molecule has 17 heavy (non-hydrogen) atoms. The van der Waals surface area contributed by atoms with Gasteiger partial charge < -0.3 is 5.32 Å². The SMILES string of the molecule is CC(CNC(C1CC1)C1CC1)c1ccccc1. The molecule has 3 rings (SSSR count). The molecule has 0 amide bonds. The van der Waals surface area contributed by atoms with E-state index in [9.17, 15) is 0 Å². The summed E-state index contributed by atoms with van der Waals surface area (Å²) < 4.78 is 0. The van der Waals surface area contributed by atoms with E-state index in [1.807, 2.05) is 0 Å². The highest BCUT2D eigenvalue weighted by molar-refractivity contribution is 5.19. The van der Waals surface area contributed by atoms with E-state index >= 15 is 0 Å². The van der Waals surface area contributed by atoms with Crippen molar-refractivity contribution in [2.24, 2.45) is 11.8 Å². The molecule has 0 heterocycles. The normalized spacial score (nSPS) is 21.8. The molecule has 1 aromatic rings. The molecule has 0 spiro atoms. The molecule has 0 radical (unpaired) electrons. The molecule has 2 fully saturated rings. The molecule has 1 heteroatoms. The molecular weight excluding hydrogens is 206 g/mol.